The van der Waals surface area contributed by atoms with E-state index in [1.54, 1.807) is 32.0 Å². The summed E-state index contributed by atoms with van der Waals surface area (Å²) >= 11 is 14.6. The predicted octanol–water partition coefficient (Wildman–Crippen LogP) is 5.41. The molecule has 1 unspecified atom stereocenters. The van der Waals surface area contributed by atoms with Crippen molar-refractivity contribution in [2.75, 3.05) is 20.5 Å². The Kier molecular flexibility index (Phi) is 5.68. The van der Waals surface area contributed by atoms with Gasteiger partial charge in [-0.3, -0.25) is 0 Å². The molecule has 0 aliphatic carbocycles. The molecule has 2 rings (SSSR count). The average Bonchev–Trinajstić information content (AvgIpc) is 2.53. The zero-order valence-electron chi connectivity index (χ0n) is 12.0. The van der Waals surface area contributed by atoms with Crippen molar-refractivity contribution in [3.8, 4) is 11.5 Å². The van der Waals surface area contributed by atoms with E-state index in [-0.39, 0.29) is 5.38 Å². The molecule has 0 saturated heterocycles. The highest BCUT2D eigenvalue weighted by Crippen LogP contribution is 2.44. The van der Waals surface area contributed by atoms with Crippen LogP contribution in [-0.2, 0) is 0 Å². The molecule has 0 spiro atoms. The summed E-state index contributed by atoms with van der Waals surface area (Å²) in [5.74, 6) is 1.12. The lowest BCUT2D eigenvalue weighted by Crippen LogP contribution is -2.00. The molecule has 0 aliphatic heterocycles. The smallest absolute Gasteiger partial charge is 0.146 e. The maximum absolute atomic E-state index is 6.67. The van der Waals surface area contributed by atoms with Crippen molar-refractivity contribution in [2.24, 2.45) is 0 Å². The fourth-order valence-electron chi connectivity index (χ4n) is 2.16. The van der Waals surface area contributed by atoms with E-state index in [1.165, 1.54) is 0 Å². The van der Waals surface area contributed by atoms with Crippen LogP contribution in [0.4, 0.5) is 0 Å². The summed E-state index contributed by atoms with van der Waals surface area (Å²) < 4.78 is 10.6. The molecule has 0 bridgehead atoms. The topological polar surface area (TPSA) is 18.5 Å². The number of halogens is 2. The van der Waals surface area contributed by atoms with Crippen LogP contribution in [0, 0.1) is 0 Å². The van der Waals surface area contributed by atoms with E-state index in [2.05, 4.69) is 0 Å². The van der Waals surface area contributed by atoms with Crippen LogP contribution >= 0.6 is 35.0 Å². The first-order chi connectivity index (χ1) is 10.1. The van der Waals surface area contributed by atoms with Gasteiger partial charge in [0.15, 0.2) is 0 Å². The summed E-state index contributed by atoms with van der Waals surface area (Å²) in [5, 5.41) is 0.0942. The molecule has 112 valence electrons. The van der Waals surface area contributed by atoms with Gasteiger partial charge >= 0.3 is 0 Å². The zero-order valence-corrected chi connectivity index (χ0v) is 14.4. The largest absolute Gasteiger partial charge is 0.495 e. The van der Waals surface area contributed by atoms with E-state index in [9.17, 15) is 0 Å². The highest BCUT2D eigenvalue weighted by atomic mass is 35.5. The summed E-state index contributed by atoms with van der Waals surface area (Å²) in [6, 6.07) is 11.7. The number of methoxy groups -OCH3 is 2. The lowest BCUT2D eigenvalue weighted by atomic mass is 10.0. The minimum Gasteiger partial charge on any atom is -0.495 e. The van der Waals surface area contributed by atoms with E-state index in [0.29, 0.717) is 16.5 Å². The summed E-state index contributed by atoms with van der Waals surface area (Å²) in [4.78, 5) is 1.13. The second-order valence-electron chi connectivity index (χ2n) is 4.31. The summed E-state index contributed by atoms with van der Waals surface area (Å²) in [5.41, 5.74) is 1.86. The molecule has 21 heavy (non-hydrogen) atoms. The number of ether oxygens (including phenoxy) is 2. The number of thioether (sulfide) groups is 1. The Hall–Kier alpha value is -1.03. The van der Waals surface area contributed by atoms with Gasteiger partial charge in [-0.15, -0.1) is 23.4 Å². The lowest BCUT2D eigenvalue weighted by molar-refractivity contribution is 0.392. The highest BCUT2D eigenvalue weighted by Gasteiger charge is 2.22. The van der Waals surface area contributed by atoms with Crippen LogP contribution in [0.5, 0.6) is 11.5 Å². The normalized spacial score (nSPS) is 12.0. The van der Waals surface area contributed by atoms with Crippen LogP contribution in [0.3, 0.4) is 0 Å². The van der Waals surface area contributed by atoms with Gasteiger partial charge in [-0.2, -0.15) is 0 Å². The summed E-state index contributed by atoms with van der Waals surface area (Å²) in [7, 11) is 3.15. The van der Waals surface area contributed by atoms with Crippen LogP contribution in [-0.4, -0.2) is 20.5 Å². The maximum atomic E-state index is 6.67. The Morgan fingerprint density at radius 3 is 2.33 bits per heavy atom. The van der Waals surface area contributed by atoms with Crippen LogP contribution in [0.1, 0.15) is 16.5 Å². The molecule has 5 heteroatoms. The first-order valence-corrected chi connectivity index (χ1v) is 8.35. The monoisotopic (exact) mass is 342 g/mol. The molecule has 2 nitrogen and oxygen atoms in total. The second-order valence-corrected chi connectivity index (χ2v) is 5.97. The maximum Gasteiger partial charge on any atom is 0.146 e. The molecule has 0 aliphatic rings. The van der Waals surface area contributed by atoms with Crippen molar-refractivity contribution in [3.63, 3.8) is 0 Å². The van der Waals surface area contributed by atoms with E-state index in [0.717, 1.165) is 16.0 Å². The number of benzene rings is 2. The Morgan fingerprint density at radius 2 is 1.71 bits per heavy atom. The third kappa shape index (κ3) is 3.25. The SMILES string of the molecule is COc1ccc(C(Cl)c2ccccc2SC)c(OC)c1Cl. The Morgan fingerprint density at radius 1 is 1.00 bits per heavy atom. The van der Waals surface area contributed by atoms with Crippen LogP contribution < -0.4 is 9.47 Å². The van der Waals surface area contributed by atoms with Gasteiger partial charge in [-0.05, 0) is 30.0 Å². The van der Waals surface area contributed by atoms with Gasteiger partial charge in [-0.25, -0.2) is 0 Å². The molecule has 0 N–H and O–H groups in total. The van der Waals surface area contributed by atoms with Crippen molar-refractivity contribution >= 4 is 35.0 Å². The molecule has 2 aromatic carbocycles. The average molecular weight is 343 g/mol. The van der Waals surface area contributed by atoms with E-state index in [4.69, 9.17) is 32.7 Å². The van der Waals surface area contributed by atoms with Crippen LogP contribution in [0.15, 0.2) is 41.3 Å². The van der Waals surface area contributed by atoms with Crippen molar-refractivity contribution in [3.05, 3.63) is 52.5 Å². The number of rotatable bonds is 5. The Bertz CT molecular complexity index is 632. The molecule has 0 heterocycles. The molecular weight excluding hydrogens is 327 g/mol. The molecule has 2 aromatic rings. The minimum absolute atomic E-state index is 0.341. The molecule has 0 aromatic heterocycles. The van der Waals surface area contributed by atoms with Crippen molar-refractivity contribution in [2.45, 2.75) is 10.3 Å². The molecule has 0 fully saturated rings. The molecule has 0 amide bonds. The van der Waals surface area contributed by atoms with Crippen molar-refractivity contribution in [1.29, 1.82) is 0 Å². The number of hydrogen-bond acceptors (Lipinski definition) is 3. The van der Waals surface area contributed by atoms with Gasteiger partial charge in [0.05, 0.1) is 19.6 Å². The fraction of sp³-hybridized carbons (Fsp3) is 0.250. The lowest BCUT2D eigenvalue weighted by Gasteiger charge is -2.18. The Balaban J connectivity index is 2.53. The van der Waals surface area contributed by atoms with Gasteiger partial charge in [0.2, 0.25) is 0 Å². The summed E-state index contributed by atoms with van der Waals surface area (Å²) in [6.45, 7) is 0. The molecular formula is C16H16Cl2O2S. The van der Waals surface area contributed by atoms with Crippen LogP contribution in [0.2, 0.25) is 5.02 Å². The van der Waals surface area contributed by atoms with Gasteiger partial charge < -0.3 is 9.47 Å². The van der Waals surface area contributed by atoms with Gasteiger partial charge in [0.25, 0.3) is 0 Å². The predicted molar refractivity (Wildman–Crippen MR) is 90.5 cm³/mol. The van der Waals surface area contributed by atoms with E-state index >= 15 is 0 Å². The molecule has 0 radical (unpaired) electrons. The molecule has 0 saturated carbocycles. The first-order valence-electron chi connectivity index (χ1n) is 6.31. The quantitative estimate of drug-likeness (QED) is 0.534. The number of hydrogen-bond donors (Lipinski definition) is 0. The van der Waals surface area contributed by atoms with Gasteiger partial charge in [0, 0.05) is 10.5 Å². The zero-order chi connectivity index (χ0) is 15.4. The minimum atomic E-state index is -0.341. The third-order valence-corrected chi connectivity index (χ3v) is 4.84. The summed E-state index contributed by atoms with van der Waals surface area (Å²) in [6.07, 6.45) is 2.03. The van der Waals surface area contributed by atoms with Crippen molar-refractivity contribution in [1.82, 2.24) is 0 Å². The van der Waals surface area contributed by atoms with E-state index in [1.807, 2.05) is 36.6 Å². The first kappa shape index (κ1) is 16.3. The molecule has 1 atom stereocenters. The fourth-order valence-corrected chi connectivity index (χ4v) is 3.55. The highest BCUT2D eigenvalue weighted by molar-refractivity contribution is 7.98. The van der Waals surface area contributed by atoms with Crippen LogP contribution in [0.25, 0.3) is 0 Å². The second kappa shape index (κ2) is 7.30. The Labute approximate surface area is 139 Å². The van der Waals surface area contributed by atoms with Gasteiger partial charge in [-0.1, -0.05) is 29.8 Å². The van der Waals surface area contributed by atoms with Gasteiger partial charge in [0.1, 0.15) is 16.5 Å². The number of alkyl halides is 1. The van der Waals surface area contributed by atoms with E-state index < -0.39 is 0 Å². The third-order valence-electron chi connectivity index (χ3n) is 3.20. The standard InChI is InChI=1S/C16H16Cl2O2S/c1-19-12-9-8-11(16(20-2)15(12)18)14(17)10-6-4-5-7-13(10)21-3/h4-9,14H,1-3H3. The van der Waals surface area contributed by atoms with Crippen molar-refractivity contribution < 1.29 is 9.47 Å².